The predicted octanol–water partition coefficient (Wildman–Crippen LogP) is 2.54. The van der Waals surface area contributed by atoms with E-state index in [-0.39, 0.29) is 23.5 Å². The van der Waals surface area contributed by atoms with Gasteiger partial charge in [0.2, 0.25) is 5.91 Å². The van der Waals surface area contributed by atoms with E-state index in [1.165, 1.54) is 11.3 Å². The van der Waals surface area contributed by atoms with Gasteiger partial charge in [-0.15, -0.1) is 11.3 Å². The Morgan fingerprint density at radius 3 is 3.21 bits per heavy atom. The van der Waals surface area contributed by atoms with Crippen LogP contribution in [0.15, 0.2) is 23.7 Å². The molecule has 1 aromatic carbocycles. The van der Waals surface area contributed by atoms with E-state index in [2.05, 4.69) is 15.6 Å². The van der Waals surface area contributed by atoms with Crippen molar-refractivity contribution in [1.82, 2.24) is 10.3 Å². The van der Waals surface area contributed by atoms with Crippen molar-refractivity contribution in [3.63, 3.8) is 0 Å². The van der Waals surface area contributed by atoms with E-state index in [4.69, 9.17) is 0 Å². The van der Waals surface area contributed by atoms with E-state index in [0.717, 1.165) is 42.2 Å². The summed E-state index contributed by atoms with van der Waals surface area (Å²) in [7, 11) is 0. The van der Waals surface area contributed by atoms with E-state index < -0.39 is 0 Å². The third-order valence-corrected chi connectivity index (χ3v) is 5.49. The zero-order valence-corrected chi connectivity index (χ0v) is 14.0. The van der Waals surface area contributed by atoms with Gasteiger partial charge in [0.1, 0.15) is 11.9 Å². The average Bonchev–Trinajstić information content (AvgIpc) is 3.28. The molecule has 1 fully saturated rings. The van der Waals surface area contributed by atoms with E-state index in [0.29, 0.717) is 13.0 Å². The fourth-order valence-corrected chi connectivity index (χ4v) is 4.19. The fourth-order valence-electron chi connectivity index (χ4n) is 3.47. The highest BCUT2D eigenvalue weighted by Gasteiger charge is 2.32. The highest BCUT2D eigenvalue weighted by atomic mass is 32.1. The first-order valence-electron chi connectivity index (χ1n) is 8.22. The standard InChI is InChI=1S/C17H19FN4OS/c18-15-12-5-6-19-10-11(12)3-4-13(15)21-16(23)14-2-1-8-22(14)17-20-7-9-24-17/h3-4,7,9,14,19H,1-2,5-6,8,10H2,(H,21,23). The molecule has 1 aromatic heterocycles. The van der Waals surface area contributed by atoms with Crippen LogP contribution in [0.3, 0.4) is 0 Å². The van der Waals surface area contributed by atoms with Crippen molar-refractivity contribution in [2.45, 2.75) is 31.8 Å². The minimum Gasteiger partial charge on any atom is -0.336 e. The Morgan fingerprint density at radius 1 is 1.46 bits per heavy atom. The van der Waals surface area contributed by atoms with Crippen molar-refractivity contribution in [1.29, 1.82) is 0 Å². The summed E-state index contributed by atoms with van der Waals surface area (Å²) in [5, 5.41) is 8.78. The molecule has 5 nitrogen and oxygen atoms in total. The molecule has 1 saturated heterocycles. The lowest BCUT2D eigenvalue weighted by Gasteiger charge is -2.24. The van der Waals surface area contributed by atoms with Gasteiger partial charge in [-0.2, -0.15) is 0 Å². The maximum absolute atomic E-state index is 14.7. The number of anilines is 2. The Bertz CT molecular complexity index is 749. The van der Waals surface area contributed by atoms with Crippen molar-refractivity contribution in [2.75, 3.05) is 23.3 Å². The molecule has 1 amide bonds. The van der Waals surface area contributed by atoms with Crippen LogP contribution in [0.5, 0.6) is 0 Å². The molecule has 126 valence electrons. The van der Waals surface area contributed by atoms with Crippen molar-refractivity contribution < 1.29 is 9.18 Å². The number of halogens is 1. The normalized spacial score (nSPS) is 20.0. The minimum absolute atomic E-state index is 0.157. The molecular formula is C17H19FN4OS. The second-order valence-electron chi connectivity index (χ2n) is 6.15. The molecule has 1 atom stereocenters. The number of fused-ring (bicyclic) bond motifs is 1. The molecule has 0 aliphatic carbocycles. The third kappa shape index (κ3) is 2.78. The maximum Gasteiger partial charge on any atom is 0.247 e. The van der Waals surface area contributed by atoms with Crippen LogP contribution < -0.4 is 15.5 Å². The Hall–Kier alpha value is -1.99. The van der Waals surface area contributed by atoms with Gasteiger partial charge in [0.05, 0.1) is 5.69 Å². The predicted molar refractivity (Wildman–Crippen MR) is 92.9 cm³/mol. The molecule has 2 aromatic rings. The summed E-state index contributed by atoms with van der Waals surface area (Å²) in [5.41, 5.74) is 1.98. The molecule has 2 aliphatic rings. The van der Waals surface area contributed by atoms with Gasteiger partial charge in [0, 0.05) is 24.7 Å². The van der Waals surface area contributed by atoms with Crippen LogP contribution in [0.25, 0.3) is 0 Å². The van der Waals surface area contributed by atoms with Crippen molar-refractivity contribution in [2.24, 2.45) is 0 Å². The number of thiazole rings is 1. The molecule has 3 heterocycles. The highest BCUT2D eigenvalue weighted by molar-refractivity contribution is 7.13. The summed E-state index contributed by atoms with van der Waals surface area (Å²) in [6.07, 6.45) is 4.10. The van der Waals surface area contributed by atoms with Crippen molar-refractivity contribution in [3.05, 3.63) is 40.7 Å². The van der Waals surface area contributed by atoms with Crippen LogP contribution in [0.1, 0.15) is 24.0 Å². The topological polar surface area (TPSA) is 57.3 Å². The van der Waals surface area contributed by atoms with Gasteiger partial charge in [0.15, 0.2) is 5.13 Å². The zero-order chi connectivity index (χ0) is 16.5. The van der Waals surface area contributed by atoms with Crippen LogP contribution in [-0.4, -0.2) is 30.0 Å². The number of benzene rings is 1. The van der Waals surface area contributed by atoms with Crippen LogP contribution >= 0.6 is 11.3 Å². The minimum atomic E-state index is -0.291. The summed E-state index contributed by atoms with van der Waals surface area (Å²) in [6.45, 7) is 2.26. The molecule has 2 N–H and O–H groups in total. The summed E-state index contributed by atoms with van der Waals surface area (Å²) in [4.78, 5) is 19.0. The van der Waals surface area contributed by atoms with E-state index >= 15 is 0 Å². The molecule has 2 aliphatic heterocycles. The lowest BCUT2D eigenvalue weighted by Crippen LogP contribution is -2.40. The summed E-state index contributed by atoms with van der Waals surface area (Å²) in [5.74, 6) is -0.448. The number of nitrogens with one attached hydrogen (secondary N) is 2. The van der Waals surface area contributed by atoms with Gasteiger partial charge in [0.25, 0.3) is 0 Å². The number of rotatable bonds is 3. The van der Waals surface area contributed by atoms with Gasteiger partial charge in [-0.25, -0.2) is 9.37 Å². The first-order valence-corrected chi connectivity index (χ1v) is 9.10. The number of nitrogens with zero attached hydrogens (tertiary/aromatic N) is 2. The SMILES string of the molecule is O=C(Nc1ccc2c(c1F)CCNC2)C1CCCN1c1nccs1. The van der Waals surface area contributed by atoms with Gasteiger partial charge in [-0.1, -0.05) is 6.07 Å². The van der Waals surface area contributed by atoms with Gasteiger partial charge < -0.3 is 15.5 Å². The zero-order valence-electron chi connectivity index (χ0n) is 13.2. The van der Waals surface area contributed by atoms with Crippen LogP contribution in [0, 0.1) is 5.82 Å². The van der Waals surface area contributed by atoms with Crippen LogP contribution in [0.4, 0.5) is 15.2 Å². The molecule has 0 bridgehead atoms. The van der Waals surface area contributed by atoms with E-state index in [1.54, 1.807) is 12.3 Å². The fraction of sp³-hybridized carbons (Fsp3) is 0.412. The second-order valence-corrected chi connectivity index (χ2v) is 7.02. The van der Waals surface area contributed by atoms with Gasteiger partial charge in [-0.05, 0) is 43.0 Å². The largest absolute Gasteiger partial charge is 0.336 e. The Morgan fingerprint density at radius 2 is 2.38 bits per heavy atom. The lowest BCUT2D eigenvalue weighted by molar-refractivity contribution is -0.117. The Balaban J connectivity index is 1.54. The van der Waals surface area contributed by atoms with E-state index in [9.17, 15) is 9.18 Å². The lowest BCUT2D eigenvalue weighted by atomic mass is 9.99. The number of hydrogen-bond acceptors (Lipinski definition) is 5. The highest BCUT2D eigenvalue weighted by Crippen LogP contribution is 2.29. The Kier molecular flexibility index (Phi) is 4.20. The molecule has 0 radical (unpaired) electrons. The van der Waals surface area contributed by atoms with Crippen molar-refractivity contribution in [3.8, 4) is 0 Å². The molecule has 1 unspecified atom stereocenters. The van der Waals surface area contributed by atoms with Crippen molar-refractivity contribution >= 4 is 28.1 Å². The monoisotopic (exact) mass is 346 g/mol. The molecule has 24 heavy (non-hydrogen) atoms. The second kappa shape index (κ2) is 6.49. The summed E-state index contributed by atoms with van der Waals surface area (Å²) >= 11 is 1.52. The molecule has 7 heteroatoms. The first kappa shape index (κ1) is 15.5. The van der Waals surface area contributed by atoms with Gasteiger partial charge in [-0.3, -0.25) is 4.79 Å². The summed E-state index contributed by atoms with van der Waals surface area (Å²) < 4.78 is 14.7. The van der Waals surface area contributed by atoms with Crippen LogP contribution in [0.2, 0.25) is 0 Å². The number of amides is 1. The Labute approximate surface area is 143 Å². The summed E-state index contributed by atoms with van der Waals surface area (Å²) in [6, 6.07) is 3.28. The third-order valence-electron chi connectivity index (χ3n) is 4.69. The maximum atomic E-state index is 14.7. The quantitative estimate of drug-likeness (QED) is 0.897. The average molecular weight is 346 g/mol. The molecular weight excluding hydrogens is 327 g/mol. The molecule has 4 rings (SSSR count). The number of hydrogen-bond donors (Lipinski definition) is 2. The number of aromatic nitrogens is 1. The number of carbonyl (C=O) groups excluding carboxylic acids is 1. The van der Waals surface area contributed by atoms with E-state index in [1.807, 2.05) is 16.3 Å². The first-order chi connectivity index (χ1) is 11.7. The molecule has 0 spiro atoms. The molecule has 0 saturated carbocycles. The smallest absolute Gasteiger partial charge is 0.247 e. The van der Waals surface area contributed by atoms with Gasteiger partial charge >= 0.3 is 0 Å². The van der Waals surface area contributed by atoms with Crippen LogP contribution in [-0.2, 0) is 17.8 Å². The number of carbonyl (C=O) groups is 1.